The summed E-state index contributed by atoms with van der Waals surface area (Å²) in [4.78, 5) is 34.5. The number of fused-ring (bicyclic) bond motifs is 10. The lowest BCUT2D eigenvalue weighted by molar-refractivity contribution is 1.16. The Morgan fingerprint density at radius 2 is 0.620 bits per heavy atom. The largest absolute Gasteiger partial charge is 0.309 e. The number of hydrogen-bond donors (Lipinski definition) is 0. The van der Waals surface area contributed by atoms with Crippen LogP contribution in [0.4, 0.5) is 0 Å². The van der Waals surface area contributed by atoms with E-state index in [0.717, 1.165) is 73.1 Å². The molecule has 0 unspecified atom stereocenters. The Labute approximate surface area is 537 Å². The summed E-state index contributed by atoms with van der Waals surface area (Å²) in [5.74, 6) is 0.670. The van der Waals surface area contributed by atoms with Crippen LogP contribution in [0.3, 0.4) is 0 Å². The van der Waals surface area contributed by atoms with E-state index < -0.39 is 0 Å². The summed E-state index contributed by atoms with van der Waals surface area (Å²) in [6, 6.07) is 92.1. The molecule has 0 aliphatic heterocycles. The molecule has 92 heavy (non-hydrogen) atoms. The normalized spacial score (nSPS) is 11.5. The van der Waals surface area contributed by atoms with E-state index in [1.54, 1.807) is 24.8 Å². The molecule has 10 heterocycles. The Morgan fingerprint density at radius 1 is 0.250 bits per heavy atom. The fourth-order valence-electron chi connectivity index (χ4n) is 12.7. The molecule has 0 atom stereocenters. The maximum absolute atomic E-state index is 5.10. The molecule has 432 valence electrons. The molecule has 0 bridgehead atoms. The summed E-state index contributed by atoms with van der Waals surface area (Å²) in [5.41, 5.74) is 20.2. The van der Waals surface area contributed by atoms with Gasteiger partial charge in [0.2, 0.25) is 0 Å². The zero-order chi connectivity index (χ0) is 60.9. The zero-order valence-electron chi connectivity index (χ0n) is 49.3. The van der Waals surface area contributed by atoms with Gasteiger partial charge in [-0.25, -0.2) is 15.0 Å². The fourth-order valence-corrected chi connectivity index (χ4v) is 15.1. The Balaban J connectivity index is 0.000000141. The molecule has 10 aromatic heterocycles. The Hall–Kier alpha value is -11.9. The Bertz CT molecular complexity index is 5240. The van der Waals surface area contributed by atoms with Crippen molar-refractivity contribution < 1.29 is 0 Å². The molecule has 8 aromatic carbocycles. The van der Waals surface area contributed by atoms with E-state index in [9.17, 15) is 0 Å². The maximum Gasteiger partial charge on any atom is 0.160 e. The molecule has 0 radical (unpaired) electrons. The van der Waals surface area contributed by atoms with Crippen LogP contribution in [0.1, 0.15) is 0 Å². The minimum Gasteiger partial charge on any atom is -0.309 e. The molecule has 0 aliphatic rings. The second kappa shape index (κ2) is 23.2. The van der Waals surface area contributed by atoms with Crippen LogP contribution in [0.25, 0.3) is 164 Å². The van der Waals surface area contributed by atoms with Crippen LogP contribution < -0.4 is 0 Å². The molecule has 0 aliphatic carbocycles. The van der Waals surface area contributed by atoms with Gasteiger partial charge in [0.1, 0.15) is 0 Å². The van der Waals surface area contributed by atoms with Crippen LogP contribution >= 0.6 is 22.7 Å². The number of benzene rings is 8. The average molecular weight is 1210 g/mol. The topological polar surface area (TPSA) is 100 Å². The predicted molar refractivity (Wildman–Crippen MR) is 380 cm³/mol. The SMILES string of the molecule is c1ccc(-c2cc3ccc4c(c5ccccc5n4-c4ccc(-c5cc(-c6ccncc6)cc(-c6ccncc6)n5)cc4)c3s2)cc1.c1ccc(-c2cc3ccc4c(c5ccccc5n4-c4ccc(-c5nc(-c6ccncc6)cc(-c6ccncc6)n5)cc4)c3s2)cc1. The van der Waals surface area contributed by atoms with Crippen LogP contribution in [0, 0.1) is 0 Å². The Kier molecular flexibility index (Phi) is 13.7. The highest BCUT2D eigenvalue weighted by Crippen LogP contribution is 2.45. The van der Waals surface area contributed by atoms with Gasteiger partial charge in [-0.05, 0) is 173 Å². The Morgan fingerprint density at radius 3 is 1.05 bits per heavy atom. The minimum atomic E-state index is 0.670. The van der Waals surface area contributed by atoms with Gasteiger partial charge in [0.25, 0.3) is 0 Å². The molecular weight excluding hydrogens is 1160 g/mol. The van der Waals surface area contributed by atoms with Crippen LogP contribution in [0.5, 0.6) is 0 Å². The van der Waals surface area contributed by atoms with Crippen molar-refractivity contribution in [3.05, 3.63) is 310 Å². The lowest BCUT2D eigenvalue weighted by Gasteiger charge is -2.12. The highest BCUT2D eigenvalue weighted by atomic mass is 32.1. The van der Waals surface area contributed by atoms with Gasteiger partial charge < -0.3 is 9.13 Å². The van der Waals surface area contributed by atoms with E-state index in [4.69, 9.17) is 15.0 Å². The first-order valence-electron chi connectivity index (χ1n) is 30.4. The summed E-state index contributed by atoms with van der Waals surface area (Å²) < 4.78 is 7.39. The zero-order valence-corrected chi connectivity index (χ0v) is 50.9. The van der Waals surface area contributed by atoms with E-state index in [2.05, 4.69) is 235 Å². The van der Waals surface area contributed by atoms with Gasteiger partial charge in [-0.15, -0.1) is 22.7 Å². The van der Waals surface area contributed by atoms with Gasteiger partial charge in [-0.3, -0.25) is 19.9 Å². The number of para-hydroxylation sites is 2. The van der Waals surface area contributed by atoms with Gasteiger partial charge >= 0.3 is 0 Å². The number of nitrogens with zero attached hydrogens (tertiary/aromatic N) is 9. The number of hydrogen-bond acceptors (Lipinski definition) is 9. The van der Waals surface area contributed by atoms with Gasteiger partial charge in [0.05, 0.1) is 44.8 Å². The summed E-state index contributed by atoms with van der Waals surface area (Å²) in [5, 5.41) is 7.66. The summed E-state index contributed by atoms with van der Waals surface area (Å²) in [7, 11) is 0. The van der Waals surface area contributed by atoms with Crippen molar-refractivity contribution in [3.63, 3.8) is 0 Å². The van der Waals surface area contributed by atoms with Crippen molar-refractivity contribution in [2.45, 2.75) is 0 Å². The summed E-state index contributed by atoms with van der Waals surface area (Å²) >= 11 is 3.74. The summed E-state index contributed by atoms with van der Waals surface area (Å²) in [6.07, 6.45) is 14.4. The van der Waals surface area contributed by atoms with Crippen LogP contribution in [0.15, 0.2) is 310 Å². The standard InChI is InChI=1S/C41H26N4S.C40H25N5S/c1-2-6-30(7-3-1)39-26-31-12-15-38-40(41(31)46-39)34-8-4-5-9-37(34)45(38)33-13-10-28(11-14-33)35-24-32(27-16-20-42-21-17-27)25-36(44-35)29-18-22-43-23-19-29;1-2-6-28(7-3-1)37-24-30-12-15-36-38(39(30)46-37)32-8-4-5-9-35(32)45(36)31-13-10-29(11-14-31)40-43-33(26-16-20-41-21-17-26)25-34(44-40)27-18-22-42-23-19-27/h1-26H;1-25H. The molecule has 9 nitrogen and oxygen atoms in total. The predicted octanol–water partition coefficient (Wildman–Crippen LogP) is 21.1. The van der Waals surface area contributed by atoms with Gasteiger partial charge in [0.15, 0.2) is 5.82 Å². The van der Waals surface area contributed by atoms with E-state index in [1.807, 2.05) is 102 Å². The first-order valence-corrected chi connectivity index (χ1v) is 32.0. The quantitative estimate of drug-likeness (QED) is 0.134. The van der Waals surface area contributed by atoms with Crippen molar-refractivity contribution in [2.24, 2.45) is 0 Å². The van der Waals surface area contributed by atoms with E-state index in [-0.39, 0.29) is 0 Å². The number of aromatic nitrogens is 9. The number of pyridine rings is 5. The van der Waals surface area contributed by atoms with Crippen molar-refractivity contribution >= 4 is 86.5 Å². The third-order valence-electron chi connectivity index (χ3n) is 17.1. The lowest BCUT2D eigenvalue weighted by atomic mass is 10.0. The van der Waals surface area contributed by atoms with E-state index in [0.29, 0.717) is 5.82 Å². The molecule has 0 spiro atoms. The first-order chi connectivity index (χ1) is 45.6. The molecule has 11 heteroatoms. The van der Waals surface area contributed by atoms with Gasteiger partial charge in [0, 0.05) is 129 Å². The first kappa shape index (κ1) is 54.3. The van der Waals surface area contributed by atoms with Crippen LogP contribution in [0.2, 0.25) is 0 Å². The number of thiophene rings is 2. The fraction of sp³-hybridized carbons (Fsp3) is 0. The molecule has 18 rings (SSSR count). The van der Waals surface area contributed by atoms with Crippen LogP contribution in [-0.2, 0) is 0 Å². The maximum atomic E-state index is 5.10. The minimum absolute atomic E-state index is 0.670. The van der Waals surface area contributed by atoms with Crippen molar-refractivity contribution in [3.8, 4) is 99.8 Å². The average Bonchev–Trinajstić information content (AvgIpc) is 1.59. The second-order valence-electron chi connectivity index (χ2n) is 22.5. The molecular formula is C81H51N9S2. The van der Waals surface area contributed by atoms with Gasteiger partial charge in [-0.1, -0.05) is 121 Å². The molecule has 0 fully saturated rings. The highest BCUT2D eigenvalue weighted by molar-refractivity contribution is 7.23. The third kappa shape index (κ3) is 9.94. The van der Waals surface area contributed by atoms with Crippen molar-refractivity contribution in [2.75, 3.05) is 0 Å². The highest BCUT2D eigenvalue weighted by Gasteiger charge is 2.21. The van der Waals surface area contributed by atoms with Crippen molar-refractivity contribution in [1.29, 1.82) is 0 Å². The monoisotopic (exact) mass is 1210 g/mol. The molecule has 18 aromatic rings. The lowest BCUT2D eigenvalue weighted by Crippen LogP contribution is -1.97. The molecule has 0 amide bonds. The van der Waals surface area contributed by atoms with Crippen molar-refractivity contribution in [1.82, 2.24) is 44.0 Å². The molecule has 0 saturated heterocycles. The van der Waals surface area contributed by atoms with E-state index >= 15 is 0 Å². The molecule has 0 saturated carbocycles. The smallest absolute Gasteiger partial charge is 0.160 e. The van der Waals surface area contributed by atoms with E-state index in [1.165, 1.54) is 84.7 Å². The third-order valence-corrected chi connectivity index (χ3v) is 19.5. The second-order valence-corrected chi connectivity index (χ2v) is 24.6. The molecule has 0 N–H and O–H groups in total. The van der Waals surface area contributed by atoms with Crippen LogP contribution in [-0.4, -0.2) is 44.0 Å². The number of rotatable bonds is 10. The van der Waals surface area contributed by atoms with Gasteiger partial charge in [-0.2, -0.15) is 0 Å². The summed E-state index contributed by atoms with van der Waals surface area (Å²) in [6.45, 7) is 0.